The van der Waals surface area contributed by atoms with Crippen LogP contribution in [-0.4, -0.2) is 9.55 Å². The van der Waals surface area contributed by atoms with Crippen LogP contribution in [0.2, 0.25) is 0 Å². The molecule has 0 saturated carbocycles. The van der Waals surface area contributed by atoms with Crippen molar-refractivity contribution < 1.29 is 4.74 Å². The van der Waals surface area contributed by atoms with Gasteiger partial charge in [0.05, 0.1) is 11.0 Å². The van der Waals surface area contributed by atoms with Crippen molar-refractivity contribution in [1.82, 2.24) is 9.55 Å². The summed E-state index contributed by atoms with van der Waals surface area (Å²) in [5.74, 6) is 2.93. The first-order valence-electron chi connectivity index (χ1n) is 11.3. The second-order valence-corrected chi connectivity index (χ2v) is 8.67. The van der Waals surface area contributed by atoms with Gasteiger partial charge in [0, 0.05) is 6.54 Å². The molecular weight excluding hydrogens is 380 g/mol. The Kier molecular flexibility index (Phi) is 6.41. The fraction of sp³-hybridized carbons (Fsp3) is 0.321. The van der Waals surface area contributed by atoms with Crippen LogP contribution in [0.1, 0.15) is 68.5 Å². The Labute approximate surface area is 185 Å². The van der Waals surface area contributed by atoms with E-state index in [9.17, 15) is 0 Å². The predicted octanol–water partition coefficient (Wildman–Crippen LogP) is 7.30. The number of imidazole rings is 1. The second-order valence-electron chi connectivity index (χ2n) is 8.67. The minimum absolute atomic E-state index is 0.445. The highest BCUT2D eigenvalue weighted by Gasteiger charge is 2.12. The molecule has 1 unspecified atom stereocenters. The van der Waals surface area contributed by atoms with Gasteiger partial charge < -0.3 is 9.30 Å². The molecule has 3 aromatic carbocycles. The number of hydrogen-bond donors (Lipinski definition) is 0. The number of hydrogen-bond acceptors (Lipinski definition) is 2. The molecule has 0 radical (unpaired) electrons. The van der Waals surface area contributed by atoms with Crippen molar-refractivity contribution >= 4 is 11.0 Å². The topological polar surface area (TPSA) is 27.1 Å². The molecule has 0 amide bonds. The van der Waals surface area contributed by atoms with Crippen LogP contribution in [0.5, 0.6) is 5.75 Å². The van der Waals surface area contributed by atoms with Gasteiger partial charge in [-0.25, -0.2) is 4.98 Å². The number of para-hydroxylation sites is 2. The molecule has 1 atom stereocenters. The van der Waals surface area contributed by atoms with E-state index in [0.717, 1.165) is 35.6 Å². The minimum atomic E-state index is 0.445. The molecule has 0 aliphatic rings. The molecule has 3 nitrogen and oxygen atoms in total. The van der Waals surface area contributed by atoms with Crippen LogP contribution in [0.3, 0.4) is 0 Å². The Morgan fingerprint density at radius 3 is 2.19 bits per heavy atom. The van der Waals surface area contributed by atoms with E-state index in [1.54, 1.807) is 0 Å². The maximum absolute atomic E-state index is 6.12. The van der Waals surface area contributed by atoms with Crippen LogP contribution < -0.4 is 4.74 Å². The lowest BCUT2D eigenvalue weighted by molar-refractivity contribution is 0.291. The van der Waals surface area contributed by atoms with Crippen LogP contribution in [0, 0.1) is 0 Å². The van der Waals surface area contributed by atoms with Crippen LogP contribution in [0.25, 0.3) is 11.0 Å². The number of ether oxygens (including phenoxy) is 1. The zero-order chi connectivity index (χ0) is 21.8. The van der Waals surface area contributed by atoms with Crippen LogP contribution >= 0.6 is 0 Å². The number of nitrogens with zero attached hydrogens (tertiary/aromatic N) is 2. The highest BCUT2D eigenvalue weighted by atomic mass is 16.5. The van der Waals surface area contributed by atoms with E-state index in [2.05, 4.69) is 99.0 Å². The molecule has 0 aliphatic carbocycles. The van der Waals surface area contributed by atoms with Crippen LogP contribution in [-0.2, 0) is 13.2 Å². The molecule has 3 heteroatoms. The maximum Gasteiger partial charge on any atom is 0.148 e. The summed E-state index contributed by atoms with van der Waals surface area (Å²) in [6.07, 6.45) is 1.16. The van der Waals surface area contributed by atoms with Crippen molar-refractivity contribution in [2.24, 2.45) is 0 Å². The first-order chi connectivity index (χ1) is 15.0. The van der Waals surface area contributed by atoms with Gasteiger partial charge in [-0.3, -0.25) is 0 Å². The fourth-order valence-corrected chi connectivity index (χ4v) is 3.88. The van der Waals surface area contributed by atoms with Gasteiger partial charge in [0.1, 0.15) is 18.2 Å². The summed E-state index contributed by atoms with van der Waals surface area (Å²) in [6.45, 7) is 10.1. The molecule has 4 rings (SSSR count). The highest BCUT2D eigenvalue weighted by Crippen LogP contribution is 2.23. The van der Waals surface area contributed by atoms with Gasteiger partial charge in [-0.15, -0.1) is 0 Å². The van der Waals surface area contributed by atoms with Crippen molar-refractivity contribution in [3.8, 4) is 5.75 Å². The van der Waals surface area contributed by atoms with Gasteiger partial charge >= 0.3 is 0 Å². The minimum Gasteiger partial charge on any atom is -0.486 e. The lowest BCUT2D eigenvalue weighted by Gasteiger charge is -2.13. The summed E-state index contributed by atoms with van der Waals surface area (Å²) in [4.78, 5) is 4.87. The summed E-state index contributed by atoms with van der Waals surface area (Å²) < 4.78 is 8.39. The Balaban J connectivity index is 1.57. The van der Waals surface area contributed by atoms with Gasteiger partial charge in [0.15, 0.2) is 0 Å². The average Bonchev–Trinajstić information content (AvgIpc) is 3.15. The van der Waals surface area contributed by atoms with Gasteiger partial charge in [0.25, 0.3) is 0 Å². The molecule has 1 heterocycles. The van der Waals surface area contributed by atoms with Crippen molar-refractivity contribution in [2.45, 2.75) is 59.1 Å². The van der Waals surface area contributed by atoms with Crippen molar-refractivity contribution in [2.75, 3.05) is 0 Å². The van der Waals surface area contributed by atoms with Gasteiger partial charge in [-0.1, -0.05) is 76.2 Å². The van der Waals surface area contributed by atoms with Crippen molar-refractivity contribution in [3.63, 3.8) is 0 Å². The Morgan fingerprint density at radius 2 is 1.52 bits per heavy atom. The second kappa shape index (κ2) is 9.38. The smallest absolute Gasteiger partial charge is 0.148 e. The third-order valence-electron chi connectivity index (χ3n) is 6.15. The average molecular weight is 413 g/mol. The molecule has 160 valence electrons. The number of fused-ring (bicyclic) bond motifs is 1. The third kappa shape index (κ3) is 4.82. The van der Waals surface area contributed by atoms with E-state index in [1.807, 2.05) is 6.07 Å². The molecule has 0 spiro atoms. The summed E-state index contributed by atoms with van der Waals surface area (Å²) in [7, 11) is 0. The van der Waals surface area contributed by atoms with E-state index < -0.39 is 0 Å². The number of benzene rings is 3. The Bertz CT molecular complexity index is 1120. The molecule has 31 heavy (non-hydrogen) atoms. The summed E-state index contributed by atoms with van der Waals surface area (Å²) in [5.41, 5.74) is 6.14. The fourth-order valence-electron chi connectivity index (χ4n) is 3.88. The van der Waals surface area contributed by atoms with Gasteiger partial charge in [-0.05, 0) is 59.2 Å². The SMILES string of the molecule is CCC(C)c1ccc(Cn2c(COc3ccc(C(C)C)cc3)nc3ccccc32)cc1. The quantitative estimate of drug-likeness (QED) is 0.303. The van der Waals surface area contributed by atoms with E-state index in [0.29, 0.717) is 18.4 Å². The molecular formula is C28H32N2O. The molecule has 0 saturated heterocycles. The van der Waals surface area contributed by atoms with Gasteiger partial charge in [0.2, 0.25) is 0 Å². The number of aromatic nitrogens is 2. The first-order valence-corrected chi connectivity index (χ1v) is 11.3. The summed E-state index contributed by atoms with van der Waals surface area (Å²) in [6, 6.07) is 25.7. The van der Waals surface area contributed by atoms with E-state index in [1.165, 1.54) is 16.7 Å². The zero-order valence-corrected chi connectivity index (χ0v) is 19.0. The number of rotatable bonds is 8. The standard InChI is InChI=1S/C28H32N2O/c1-5-21(4)24-12-10-22(11-13-24)18-30-27-9-7-6-8-26(27)29-28(30)19-31-25-16-14-23(15-17-25)20(2)3/h6-17,20-21H,5,18-19H2,1-4H3. The highest BCUT2D eigenvalue weighted by molar-refractivity contribution is 5.76. The molecule has 0 N–H and O–H groups in total. The first kappa shape index (κ1) is 21.2. The van der Waals surface area contributed by atoms with Crippen molar-refractivity contribution in [1.29, 1.82) is 0 Å². The van der Waals surface area contributed by atoms with E-state index >= 15 is 0 Å². The third-order valence-corrected chi connectivity index (χ3v) is 6.15. The molecule has 0 aliphatic heterocycles. The lowest BCUT2D eigenvalue weighted by Crippen LogP contribution is -2.08. The molecule has 1 aromatic heterocycles. The summed E-state index contributed by atoms with van der Waals surface area (Å²) >= 11 is 0. The predicted molar refractivity (Wildman–Crippen MR) is 129 cm³/mol. The molecule has 4 aromatic rings. The zero-order valence-electron chi connectivity index (χ0n) is 19.0. The Hall–Kier alpha value is -3.07. The van der Waals surface area contributed by atoms with Gasteiger partial charge in [-0.2, -0.15) is 0 Å². The maximum atomic E-state index is 6.12. The molecule has 0 bridgehead atoms. The monoisotopic (exact) mass is 412 g/mol. The van der Waals surface area contributed by atoms with Crippen LogP contribution in [0.4, 0.5) is 0 Å². The van der Waals surface area contributed by atoms with E-state index in [4.69, 9.17) is 9.72 Å². The van der Waals surface area contributed by atoms with Crippen molar-refractivity contribution in [3.05, 3.63) is 95.3 Å². The Morgan fingerprint density at radius 1 is 0.839 bits per heavy atom. The van der Waals surface area contributed by atoms with Crippen LogP contribution in [0.15, 0.2) is 72.8 Å². The van der Waals surface area contributed by atoms with E-state index in [-0.39, 0.29) is 0 Å². The lowest BCUT2D eigenvalue weighted by atomic mass is 9.98. The summed E-state index contributed by atoms with van der Waals surface area (Å²) in [5, 5.41) is 0. The normalized spacial score (nSPS) is 12.4. The largest absolute Gasteiger partial charge is 0.486 e. The molecule has 0 fully saturated rings.